The van der Waals surface area contributed by atoms with Gasteiger partial charge < -0.3 is 22.1 Å². The average Bonchev–Trinajstić information content (AvgIpc) is 3.48. The second kappa shape index (κ2) is 13.3. The Bertz CT molecular complexity index is 1090. The third-order valence-electron chi connectivity index (χ3n) is 6.30. The molecular weight excluding hydrogens is 723 g/mol. The molecule has 0 aliphatic heterocycles. The Morgan fingerprint density at radius 2 is 1.06 bits per heavy atom. The highest BCUT2D eigenvalue weighted by atomic mass is 127. The summed E-state index contributed by atoms with van der Waals surface area (Å²) in [5.41, 5.74) is 19.3. The van der Waals surface area contributed by atoms with Crippen molar-refractivity contribution < 1.29 is 0 Å². The van der Waals surface area contributed by atoms with Crippen LogP contribution in [0.25, 0.3) is 20.4 Å². The van der Waals surface area contributed by atoms with Gasteiger partial charge in [-0.3, -0.25) is 0 Å². The van der Waals surface area contributed by atoms with E-state index in [-0.39, 0.29) is 57.9 Å². The van der Waals surface area contributed by atoms with Crippen LogP contribution in [0.4, 0.5) is 10.3 Å². The normalized spacial score (nSPS) is 17.5. The minimum absolute atomic E-state index is 0. The van der Waals surface area contributed by atoms with Crippen molar-refractivity contribution in [2.75, 3.05) is 24.6 Å². The fourth-order valence-corrected chi connectivity index (χ4v) is 6.55. The molecule has 6 rings (SSSR count). The van der Waals surface area contributed by atoms with E-state index in [1.54, 1.807) is 22.7 Å². The molecule has 2 heterocycles. The van der Waals surface area contributed by atoms with Crippen molar-refractivity contribution in [1.29, 1.82) is 0 Å². The van der Waals surface area contributed by atoms with Gasteiger partial charge in [-0.05, 0) is 85.3 Å². The Labute approximate surface area is 252 Å². The molecule has 0 bridgehead atoms. The third-order valence-corrected chi connectivity index (χ3v) is 8.00. The molecule has 0 radical (unpaired) electrons. The van der Waals surface area contributed by atoms with E-state index >= 15 is 0 Å². The van der Waals surface area contributed by atoms with Gasteiger partial charge in [0, 0.05) is 12.1 Å². The van der Waals surface area contributed by atoms with Gasteiger partial charge in [-0.25, -0.2) is 9.97 Å². The Kier molecular flexibility index (Phi) is 11.6. The highest BCUT2D eigenvalue weighted by Gasteiger charge is 2.22. The highest BCUT2D eigenvalue weighted by Crippen LogP contribution is 2.32. The predicted octanol–water partition coefficient (Wildman–Crippen LogP) is 5.68. The Hall–Kier alpha value is -0.570. The number of hydrogen-bond donors (Lipinski definition) is 4. The number of benzene rings is 2. The van der Waals surface area contributed by atoms with Gasteiger partial charge in [-0.1, -0.05) is 36.5 Å². The largest absolute Gasteiger partial charge is 0.375 e. The quantitative estimate of drug-likeness (QED) is 0.200. The van der Waals surface area contributed by atoms with Crippen LogP contribution < -0.4 is 22.1 Å². The van der Waals surface area contributed by atoms with Gasteiger partial charge in [-0.15, -0.1) is 57.9 Å². The van der Waals surface area contributed by atoms with Gasteiger partial charge in [-0.2, -0.15) is 0 Å². The molecule has 2 aliphatic carbocycles. The Morgan fingerprint density at radius 1 is 0.714 bits per heavy atom. The maximum absolute atomic E-state index is 5.72. The molecule has 2 aliphatic rings. The molecule has 2 aromatic carbocycles. The first-order chi connectivity index (χ1) is 15.5. The van der Waals surface area contributed by atoms with E-state index in [0.29, 0.717) is 22.3 Å². The van der Waals surface area contributed by atoms with Gasteiger partial charge in [0.1, 0.15) is 0 Å². The molecular formula is C24H33Br2IN6S2. The number of nitrogens with one attached hydrogen (secondary N) is 2. The van der Waals surface area contributed by atoms with E-state index in [9.17, 15) is 0 Å². The van der Waals surface area contributed by atoms with Crippen LogP contribution in [-0.4, -0.2) is 35.1 Å². The van der Waals surface area contributed by atoms with Crippen molar-refractivity contribution in [3.05, 3.63) is 46.5 Å². The second-order valence-corrected chi connectivity index (χ2v) is 10.7. The van der Waals surface area contributed by atoms with Gasteiger partial charge in [0.25, 0.3) is 0 Å². The number of aromatic nitrogens is 2. The Balaban J connectivity index is 0.000000227. The lowest BCUT2D eigenvalue weighted by molar-refractivity contribution is 0.552. The molecule has 0 saturated carbocycles. The number of nitrogens with zero attached hydrogens (tertiary/aromatic N) is 2. The summed E-state index contributed by atoms with van der Waals surface area (Å²) in [7, 11) is 0. The molecule has 0 unspecified atom stereocenters. The minimum Gasteiger partial charge on any atom is -0.375 e. The van der Waals surface area contributed by atoms with Crippen LogP contribution in [0.15, 0.2) is 24.3 Å². The smallest absolute Gasteiger partial charge is 0.181 e. The fraction of sp³-hybridized carbons (Fsp3) is 0.417. The lowest BCUT2D eigenvalue weighted by Gasteiger charge is -2.08. The summed E-state index contributed by atoms with van der Waals surface area (Å²) in [6.07, 6.45) is 4.51. The van der Waals surface area contributed by atoms with Crippen molar-refractivity contribution in [3.63, 3.8) is 0 Å². The zero-order valence-electron chi connectivity index (χ0n) is 19.8. The molecule has 2 atom stereocenters. The number of halogens is 3. The first-order valence-corrected chi connectivity index (χ1v) is 13.0. The molecule has 6 N–H and O–H groups in total. The summed E-state index contributed by atoms with van der Waals surface area (Å²) in [5.74, 6) is 0. The number of rotatable bonds is 4. The van der Waals surface area contributed by atoms with Gasteiger partial charge in [0.2, 0.25) is 0 Å². The van der Waals surface area contributed by atoms with Crippen LogP contribution >= 0.6 is 80.6 Å². The van der Waals surface area contributed by atoms with Crippen LogP contribution in [0.5, 0.6) is 0 Å². The zero-order chi connectivity index (χ0) is 22.2. The Morgan fingerprint density at radius 3 is 1.40 bits per heavy atom. The maximum atomic E-state index is 5.72. The SMILES string of the molecule is Br.Br.CCN[C@@H]1Cc2cc3nc(N)sc3cc2C1.CCN[C@@H]1Cc2cc3nc(N)sc3cc2C1.I. The molecule has 11 heteroatoms. The van der Waals surface area contributed by atoms with E-state index in [1.807, 2.05) is 0 Å². The summed E-state index contributed by atoms with van der Waals surface area (Å²) in [6, 6.07) is 10.1. The summed E-state index contributed by atoms with van der Waals surface area (Å²) >= 11 is 3.16. The van der Waals surface area contributed by atoms with E-state index in [0.717, 1.165) is 49.8 Å². The number of nitrogen functional groups attached to an aromatic ring is 2. The van der Waals surface area contributed by atoms with Gasteiger partial charge >= 0.3 is 0 Å². The predicted molar refractivity (Wildman–Crippen MR) is 174 cm³/mol. The van der Waals surface area contributed by atoms with Gasteiger partial charge in [0.15, 0.2) is 10.3 Å². The molecule has 192 valence electrons. The number of hydrogen-bond acceptors (Lipinski definition) is 8. The van der Waals surface area contributed by atoms with E-state index in [4.69, 9.17) is 11.5 Å². The van der Waals surface area contributed by atoms with Gasteiger partial charge in [0.05, 0.1) is 20.4 Å². The van der Waals surface area contributed by atoms with Crippen LogP contribution in [0.3, 0.4) is 0 Å². The average molecular weight is 756 g/mol. The molecule has 0 saturated heterocycles. The maximum Gasteiger partial charge on any atom is 0.181 e. The summed E-state index contributed by atoms with van der Waals surface area (Å²) in [4.78, 5) is 8.68. The molecule has 35 heavy (non-hydrogen) atoms. The van der Waals surface area contributed by atoms with Crippen molar-refractivity contribution in [1.82, 2.24) is 20.6 Å². The summed E-state index contributed by atoms with van der Waals surface area (Å²) < 4.78 is 2.43. The number of fused-ring (bicyclic) bond motifs is 4. The van der Waals surface area contributed by atoms with E-state index in [1.165, 1.54) is 31.7 Å². The minimum atomic E-state index is 0. The first kappa shape index (κ1) is 30.7. The molecule has 2 aromatic heterocycles. The van der Waals surface area contributed by atoms with Crippen molar-refractivity contribution in [2.24, 2.45) is 0 Å². The van der Waals surface area contributed by atoms with Crippen LogP contribution in [0, 0.1) is 0 Å². The number of anilines is 2. The number of nitrogens with two attached hydrogens (primary N) is 2. The molecule has 0 amide bonds. The monoisotopic (exact) mass is 754 g/mol. The van der Waals surface area contributed by atoms with Crippen molar-refractivity contribution in [3.8, 4) is 0 Å². The molecule has 6 nitrogen and oxygen atoms in total. The molecule has 0 fully saturated rings. The van der Waals surface area contributed by atoms with Crippen LogP contribution in [-0.2, 0) is 25.7 Å². The lowest BCUT2D eigenvalue weighted by atomic mass is 10.1. The first-order valence-electron chi connectivity index (χ1n) is 11.3. The van der Waals surface area contributed by atoms with Crippen LogP contribution in [0.2, 0.25) is 0 Å². The third kappa shape index (κ3) is 6.85. The van der Waals surface area contributed by atoms with E-state index in [2.05, 4.69) is 58.7 Å². The van der Waals surface area contributed by atoms with Crippen molar-refractivity contribution >= 4 is 111 Å². The van der Waals surface area contributed by atoms with E-state index < -0.39 is 0 Å². The second-order valence-electron chi connectivity index (χ2n) is 8.61. The lowest BCUT2D eigenvalue weighted by Crippen LogP contribution is -2.28. The fourth-order valence-electron chi connectivity index (χ4n) is 4.99. The molecule has 0 spiro atoms. The molecule has 4 aromatic rings. The highest BCUT2D eigenvalue weighted by molar-refractivity contribution is 14.0. The van der Waals surface area contributed by atoms with Crippen LogP contribution in [0.1, 0.15) is 36.1 Å². The number of thiazole rings is 2. The number of likely N-dealkylation sites (N-methyl/N-ethyl adjacent to an activating group) is 2. The summed E-state index contributed by atoms with van der Waals surface area (Å²) in [6.45, 7) is 6.39. The standard InChI is InChI=1S/2C12H15N3S.2BrH.HI/c2*1-2-14-9-3-7-5-10-11(6-8(7)4-9)16-12(13)15-10;;;/h2*5-6,9,14H,2-4H2,1H3,(H2,13,15);3*1H/t2*9-;;;/m11.../s1. The zero-order valence-corrected chi connectivity index (χ0v) is 27.2. The summed E-state index contributed by atoms with van der Waals surface area (Å²) in [5, 5.41) is 8.35. The topological polar surface area (TPSA) is 102 Å². The van der Waals surface area contributed by atoms with Crippen molar-refractivity contribution in [2.45, 2.75) is 51.6 Å².